The van der Waals surface area contributed by atoms with Gasteiger partial charge in [0.1, 0.15) is 11.5 Å². The molecule has 0 aliphatic heterocycles. The summed E-state index contributed by atoms with van der Waals surface area (Å²) in [6.07, 6.45) is 1.36. The number of carbonyl (C=O) groups is 1. The van der Waals surface area contributed by atoms with Crippen molar-refractivity contribution in [2.75, 3.05) is 6.61 Å². The number of aromatic hydroxyl groups is 1. The lowest BCUT2D eigenvalue weighted by Crippen LogP contribution is -2.17. The number of aryl methyl sites for hydroxylation is 2. The molecule has 1 amide bonds. The van der Waals surface area contributed by atoms with Crippen LogP contribution in [0.4, 0.5) is 0 Å². The first kappa shape index (κ1) is 15.6. The molecule has 0 bridgehead atoms. The van der Waals surface area contributed by atoms with Gasteiger partial charge in [0.25, 0.3) is 5.91 Å². The van der Waals surface area contributed by atoms with Crippen LogP contribution in [0.5, 0.6) is 11.5 Å². The number of phenolic OH excluding ortho intramolecular Hbond substituents is 1. The molecule has 0 fully saturated rings. The number of carbonyl (C=O) groups excluding carboxylic acids is 1. The average Bonchev–Trinajstić information content (AvgIpc) is 2.82. The van der Waals surface area contributed by atoms with E-state index in [4.69, 9.17) is 9.15 Å². The Morgan fingerprint density at radius 3 is 2.86 bits per heavy atom. The average molecular weight is 302 g/mol. The van der Waals surface area contributed by atoms with Crippen molar-refractivity contribution in [2.24, 2.45) is 5.10 Å². The fourth-order valence-corrected chi connectivity index (χ4v) is 1.99. The molecule has 1 aromatic heterocycles. The second-order valence-corrected chi connectivity index (χ2v) is 4.65. The monoisotopic (exact) mass is 302 g/mol. The van der Waals surface area contributed by atoms with E-state index in [-0.39, 0.29) is 11.7 Å². The lowest BCUT2D eigenvalue weighted by Gasteiger charge is -2.07. The van der Waals surface area contributed by atoms with Crippen LogP contribution in [0.1, 0.15) is 34.4 Å². The molecule has 0 saturated carbocycles. The topological polar surface area (TPSA) is 84.1 Å². The van der Waals surface area contributed by atoms with E-state index in [1.807, 2.05) is 6.92 Å². The van der Waals surface area contributed by atoms with E-state index < -0.39 is 0 Å². The molecule has 0 atom stereocenters. The van der Waals surface area contributed by atoms with Gasteiger partial charge < -0.3 is 14.3 Å². The summed E-state index contributed by atoms with van der Waals surface area (Å²) in [6.45, 7) is 5.76. The summed E-state index contributed by atoms with van der Waals surface area (Å²) in [5.74, 6) is 1.18. The normalized spacial score (nSPS) is 10.9. The Morgan fingerprint density at radius 1 is 1.45 bits per heavy atom. The van der Waals surface area contributed by atoms with Gasteiger partial charge in [-0.15, -0.1) is 0 Å². The first-order valence-electron chi connectivity index (χ1n) is 6.88. The highest BCUT2D eigenvalue weighted by atomic mass is 16.5. The predicted molar refractivity (Wildman–Crippen MR) is 82.5 cm³/mol. The van der Waals surface area contributed by atoms with Gasteiger partial charge in [-0.3, -0.25) is 4.79 Å². The van der Waals surface area contributed by atoms with Gasteiger partial charge in [0, 0.05) is 5.56 Å². The minimum atomic E-state index is -0.369. The van der Waals surface area contributed by atoms with E-state index in [2.05, 4.69) is 10.5 Å². The second kappa shape index (κ2) is 6.80. The third kappa shape index (κ3) is 3.46. The fourth-order valence-electron chi connectivity index (χ4n) is 1.99. The predicted octanol–water partition coefficient (Wildman–Crippen LogP) is 2.76. The van der Waals surface area contributed by atoms with Crippen LogP contribution >= 0.6 is 0 Å². The van der Waals surface area contributed by atoms with Crippen LogP contribution in [-0.2, 0) is 0 Å². The number of rotatable bonds is 5. The van der Waals surface area contributed by atoms with Crippen LogP contribution in [0.25, 0.3) is 0 Å². The van der Waals surface area contributed by atoms with Crippen molar-refractivity contribution in [1.82, 2.24) is 5.43 Å². The van der Waals surface area contributed by atoms with Crippen molar-refractivity contribution in [3.05, 3.63) is 46.9 Å². The number of furan rings is 1. The highest BCUT2D eigenvalue weighted by Crippen LogP contribution is 2.28. The van der Waals surface area contributed by atoms with E-state index in [0.717, 1.165) is 0 Å². The standard InChI is InChI=1S/C16H18N2O4/c1-4-21-14-7-5-6-12(15(14)19)9-17-18-16(20)13-8-10(2)22-11(13)3/h5-9,19H,4H2,1-3H3,(H,18,20). The smallest absolute Gasteiger partial charge is 0.274 e. The highest BCUT2D eigenvalue weighted by Gasteiger charge is 2.12. The largest absolute Gasteiger partial charge is 0.504 e. The van der Waals surface area contributed by atoms with Gasteiger partial charge in [-0.1, -0.05) is 6.07 Å². The lowest BCUT2D eigenvalue weighted by atomic mass is 10.2. The van der Waals surface area contributed by atoms with Gasteiger partial charge in [-0.05, 0) is 39.0 Å². The van der Waals surface area contributed by atoms with E-state index in [9.17, 15) is 9.90 Å². The molecule has 6 nitrogen and oxygen atoms in total. The van der Waals surface area contributed by atoms with Crippen LogP contribution in [0.2, 0.25) is 0 Å². The number of para-hydroxylation sites is 1. The summed E-state index contributed by atoms with van der Waals surface area (Å²) in [4.78, 5) is 12.0. The molecule has 1 aromatic carbocycles. The molecule has 116 valence electrons. The van der Waals surface area contributed by atoms with Crippen molar-refractivity contribution in [3.63, 3.8) is 0 Å². The van der Waals surface area contributed by atoms with Gasteiger partial charge in [-0.2, -0.15) is 5.10 Å². The molecule has 2 rings (SSSR count). The summed E-state index contributed by atoms with van der Waals surface area (Å²) in [6, 6.07) is 6.71. The molecular formula is C16H18N2O4. The first-order chi connectivity index (χ1) is 10.5. The summed E-state index contributed by atoms with van der Waals surface area (Å²) in [7, 11) is 0. The van der Waals surface area contributed by atoms with Crippen LogP contribution < -0.4 is 10.2 Å². The molecule has 2 aromatic rings. The van der Waals surface area contributed by atoms with E-state index >= 15 is 0 Å². The summed E-state index contributed by atoms with van der Waals surface area (Å²) < 4.78 is 10.6. The molecule has 0 radical (unpaired) electrons. The molecule has 1 heterocycles. The number of nitrogens with one attached hydrogen (secondary N) is 1. The number of hydrogen-bond acceptors (Lipinski definition) is 5. The maximum Gasteiger partial charge on any atom is 0.274 e. The zero-order valence-corrected chi connectivity index (χ0v) is 12.7. The number of nitrogens with zero attached hydrogens (tertiary/aromatic N) is 1. The summed E-state index contributed by atoms with van der Waals surface area (Å²) >= 11 is 0. The molecule has 0 aliphatic rings. The van der Waals surface area contributed by atoms with E-state index in [0.29, 0.717) is 35.0 Å². The lowest BCUT2D eigenvalue weighted by molar-refractivity contribution is 0.0953. The Bertz CT molecular complexity index is 704. The summed E-state index contributed by atoms with van der Waals surface area (Å²) in [5, 5.41) is 13.9. The maximum atomic E-state index is 12.0. The Morgan fingerprint density at radius 2 is 2.23 bits per heavy atom. The first-order valence-corrected chi connectivity index (χ1v) is 6.88. The van der Waals surface area contributed by atoms with Gasteiger partial charge in [0.05, 0.1) is 18.4 Å². The number of benzene rings is 1. The molecule has 0 saturated heterocycles. The molecule has 22 heavy (non-hydrogen) atoms. The maximum absolute atomic E-state index is 12.0. The number of amides is 1. The Labute approximate surface area is 128 Å². The zero-order valence-electron chi connectivity index (χ0n) is 12.7. The van der Waals surface area contributed by atoms with E-state index in [1.54, 1.807) is 38.1 Å². The number of hydrogen-bond donors (Lipinski definition) is 2. The fraction of sp³-hybridized carbons (Fsp3) is 0.250. The quantitative estimate of drug-likeness (QED) is 0.657. The van der Waals surface area contributed by atoms with Crippen molar-refractivity contribution in [3.8, 4) is 11.5 Å². The molecule has 2 N–H and O–H groups in total. The summed E-state index contributed by atoms with van der Waals surface area (Å²) in [5.41, 5.74) is 3.28. The van der Waals surface area contributed by atoms with Crippen LogP contribution in [0, 0.1) is 13.8 Å². The number of ether oxygens (including phenoxy) is 1. The molecule has 0 unspecified atom stereocenters. The van der Waals surface area contributed by atoms with Crippen molar-refractivity contribution in [2.45, 2.75) is 20.8 Å². The van der Waals surface area contributed by atoms with Crippen molar-refractivity contribution >= 4 is 12.1 Å². The van der Waals surface area contributed by atoms with Crippen LogP contribution in [0.15, 0.2) is 33.8 Å². The number of hydrazone groups is 1. The highest BCUT2D eigenvalue weighted by molar-refractivity contribution is 5.96. The Kier molecular flexibility index (Phi) is 4.83. The van der Waals surface area contributed by atoms with Crippen LogP contribution in [0.3, 0.4) is 0 Å². The van der Waals surface area contributed by atoms with Crippen molar-refractivity contribution < 1.29 is 19.1 Å². The Hall–Kier alpha value is -2.76. The third-order valence-corrected chi connectivity index (χ3v) is 2.99. The SMILES string of the molecule is CCOc1cccc(C=NNC(=O)c2cc(C)oc2C)c1O. The van der Waals surface area contributed by atoms with Crippen molar-refractivity contribution in [1.29, 1.82) is 0 Å². The van der Waals surface area contributed by atoms with Gasteiger partial charge in [0.15, 0.2) is 11.5 Å². The molecular weight excluding hydrogens is 284 g/mol. The Balaban J connectivity index is 2.08. The minimum Gasteiger partial charge on any atom is -0.504 e. The molecule has 0 spiro atoms. The van der Waals surface area contributed by atoms with Gasteiger partial charge >= 0.3 is 0 Å². The van der Waals surface area contributed by atoms with Gasteiger partial charge in [-0.25, -0.2) is 5.43 Å². The zero-order chi connectivity index (χ0) is 16.1. The second-order valence-electron chi connectivity index (χ2n) is 4.65. The minimum absolute atomic E-state index is 0.0160. The molecule has 6 heteroatoms. The van der Waals surface area contributed by atoms with E-state index in [1.165, 1.54) is 6.21 Å². The number of phenols is 1. The van der Waals surface area contributed by atoms with Crippen LogP contribution in [-0.4, -0.2) is 23.8 Å². The third-order valence-electron chi connectivity index (χ3n) is 2.99. The van der Waals surface area contributed by atoms with Gasteiger partial charge in [0.2, 0.25) is 0 Å². The molecule has 0 aliphatic carbocycles.